The Labute approximate surface area is 184 Å². The standard InChI is InChI=1S/C25H22ClFN2O2/c1-16(17-7-3-2-4-8-17)28-14-21-20-9-5-6-10-23(20)29(24(21)25(30)31)15-18-11-12-19(27)13-22(18)26/h2-13,16,28H,14-15H2,1H3,(H,30,31). The fourth-order valence-corrected chi connectivity index (χ4v) is 4.12. The van der Waals surface area contributed by atoms with Gasteiger partial charge in [-0.2, -0.15) is 0 Å². The van der Waals surface area contributed by atoms with Crippen molar-refractivity contribution in [1.29, 1.82) is 0 Å². The van der Waals surface area contributed by atoms with Crippen molar-refractivity contribution in [3.05, 3.63) is 106 Å². The van der Waals surface area contributed by atoms with Crippen molar-refractivity contribution in [1.82, 2.24) is 9.88 Å². The zero-order chi connectivity index (χ0) is 22.0. The van der Waals surface area contributed by atoms with Crippen molar-refractivity contribution in [3.8, 4) is 0 Å². The number of aromatic nitrogens is 1. The first kappa shape index (κ1) is 21.1. The molecule has 0 spiro atoms. The number of fused-ring (bicyclic) bond motifs is 1. The molecule has 6 heteroatoms. The second-order valence-corrected chi connectivity index (χ2v) is 7.89. The van der Waals surface area contributed by atoms with Gasteiger partial charge in [0.05, 0.1) is 0 Å². The summed E-state index contributed by atoms with van der Waals surface area (Å²) in [5.41, 5.74) is 3.49. The summed E-state index contributed by atoms with van der Waals surface area (Å²) in [7, 11) is 0. The Bertz CT molecular complexity index is 1240. The molecule has 0 fully saturated rings. The number of halogens is 2. The average molecular weight is 437 g/mol. The molecule has 0 radical (unpaired) electrons. The van der Waals surface area contributed by atoms with Gasteiger partial charge in [-0.15, -0.1) is 0 Å². The smallest absolute Gasteiger partial charge is 0.352 e. The Morgan fingerprint density at radius 1 is 1.10 bits per heavy atom. The van der Waals surface area contributed by atoms with Crippen molar-refractivity contribution < 1.29 is 14.3 Å². The molecule has 0 amide bonds. The van der Waals surface area contributed by atoms with Crippen LogP contribution in [0.5, 0.6) is 0 Å². The van der Waals surface area contributed by atoms with Crippen LogP contribution in [-0.4, -0.2) is 15.6 Å². The van der Waals surface area contributed by atoms with E-state index in [-0.39, 0.29) is 23.3 Å². The third-order valence-electron chi connectivity index (χ3n) is 5.51. The lowest BCUT2D eigenvalue weighted by Gasteiger charge is -2.15. The third-order valence-corrected chi connectivity index (χ3v) is 5.86. The lowest BCUT2D eigenvalue weighted by atomic mass is 10.1. The second-order valence-electron chi connectivity index (χ2n) is 7.48. The molecule has 0 aliphatic rings. The predicted molar refractivity (Wildman–Crippen MR) is 121 cm³/mol. The maximum Gasteiger partial charge on any atom is 0.352 e. The molecule has 1 unspecified atom stereocenters. The molecule has 0 aliphatic carbocycles. The molecule has 0 saturated heterocycles. The summed E-state index contributed by atoms with van der Waals surface area (Å²) in [4.78, 5) is 12.3. The quantitative estimate of drug-likeness (QED) is 0.372. The van der Waals surface area contributed by atoms with Gasteiger partial charge >= 0.3 is 5.97 Å². The maximum atomic E-state index is 13.5. The van der Waals surface area contributed by atoms with Crippen LogP contribution in [0.25, 0.3) is 10.9 Å². The summed E-state index contributed by atoms with van der Waals surface area (Å²) in [5, 5.41) is 14.7. The Kier molecular flexibility index (Phi) is 6.07. The number of aromatic carboxylic acids is 1. The van der Waals surface area contributed by atoms with Crippen LogP contribution < -0.4 is 5.32 Å². The van der Waals surface area contributed by atoms with Crippen molar-refractivity contribution >= 4 is 28.5 Å². The molecule has 1 heterocycles. The van der Waals surface area contributed by atoms with E-state index in [2.05, 4.69) is 5.32 Å². The number of benzene rings is 3. The Morgan fingerprint density at radius 2 is 1.81 bits per heavy atom. The van der Waals surface area contributed by atoms with E-state index in [1.807, 2.05) is 61.5 Å². The van der Waals surface area contributed by atoms with Gasteiger partial charge in [-0.05, 0) is 36.2 Å². The fraction of sp³-hybridized carbons (Fsp3) is 0.160. The molecular weight excluding hydrogens is 415 g/mol. The molecular formula is C25H22ClFN2O2. The molecule has 31 heavy (non-hydrogen) atoms. The minimum Gasteiger partial charge on any atom is -0.477 e. The number of rotatable bonds is 7. The van der Waals surface area contributed by atoms with Gasteiger partial charge in [-0.3, -0.25) is 0 Å². The molecule has 3 aromatic carbocycles. The van der Waals surface area contributed by atoms with Crippen LogP contribution in [0.3, 0.4) is 0 Å². The Hall–Kier alpha value is -3.15. The van der Waals surface area contributed by atoms with Crippen LogP contribution in [0.2, 0.25) is 5.02 Å². The van der Waals surface area contributed by atoms with E-state index >= 15 is 0 Å². The summed E-state index contributed by atoms with van der Waals surface area (Å²) in [6, 6.07) is 21.8. The third kappa shape index (κ3) is 4.33. The SMILES string of the molecule is CC(NCc1c(C(=O)O)n(Cc2ccc(F)cc2Cl)c2ccccc12)c1ccccc1. The molecule has 4 nitrogen and oxygen atoms in total. The summed E-state index contributed by atoms with van der Waals surface area (Å²) < 4.78 is 15.2. The highest BCUT2D eigenvalue weighted by atomic mass is 35.5. The summed E-state index contributed by atoms with van der Waals surface area (Å²) in [6.07, 6.45) is 0. The first-order valence-corrected chi connectivity index (χ1v) is 10.4. The normalized spacial score (nSPS) is 12.2. The molecule has 4 aromatic rings. The topological polar surface area (TPSA) is 54.3 Å². The molecule has 0 saturated carbocycles. The molecule has 0 aliphatic heterocycles. The van der Waals surface area contributed by atoms with Crippen LogP contribution in [-0.2, 0) is 13.1 Å². The second kappa shape index (κ2) is 8.92. The van der Waals surface area contributed by atoms with E-state index in [1.54, 1.807) is 10.6 Å². The predicted octanol–water partition coefficient (Wildman–Crippen LogP) is 6.03. The van der Waals surface area contributed by atoms with Crippen molar-refractivity contribution in [3.63, 3.8) is 0 Å². The lowest BCUT2D eigenvalue weighted by molar-refractivity contribution is 0.0684. The molecule has 2 N–H and O–H groups in total. The van der Waals surface area contributed by atoms with Gasteiger partial charge in [0.15, 0.2) is 0 Å². The Morgan fingerprint density at radius 3 is 2.52 bits per heavy atom. The van der Waals surface area contributed by atoms with Crippen molar-refractivity contribution in [2.75, 3.05) is 0 Å². The van der Waals surface area contributed by atoms with Crippen molar-refractivity contribution in [2.45, 2.75) is 26.1 Å². The highest BCUT2D eigenvalue weighted by molar-refractivity contribution is 6.31. The molecule has 4 rings (SSSR count). The van der Waals surface area contributed by atoms with Crippen LogP contribution in [0.4, 0.5) is 4.39 Å². The van der Waals surface area contributed by atoms with Gasteiger partial charge in [0.2, 0.25) is 0 Å². The monoisotopic (exact) mass is 436 g/mol. The molecule has 1 aromatic heterocycles. The van der Waals surface area contributed by atoms with Gasteiger partial charge < -0.3 is 15.0 Å². The number of nitrogens with zero attached hydrogens (tertiary/aromatic N) is 1. The lowest BCUT2D eigenvalue weighted by Crippen LogP contribution is -2.20. The van der Waals surface area contributed by atoms with E-state index in [0.717, 1.165) is 16.5 Å². The maximum absolute atomic E-state index is 13.5. The largest absolute Gasteiger partial charge is 0.477 e. The molecule has 1 atom stereocenters. The first-order valence-electron chi connectivity index (χ1n) is 10.0. The zero-order valence-electron chi connectivity index (χ0n) is 17.0. The minimum absolute atomic E-state index is 0.0523. The van der Waals surface area contributed by atoms with Crippen LogP contribution in [0.15, 0.2) is 72.8 Å². The van der Waals surface area contributed by atoms with E-state index < -0.39 is 11.8 Å². The molecule has 0 bridgehead atoms. The van der Waals surface area contributed by atoms with Gasteiger partial charge in [-0.25, -0.2) is 9.18 Å². The van der Waals surface area contributed by atoms with Gasteiger partial charge in [0.1, 0.15) is 11.5 Å². The minimum atomic E-state index is -1.02. The number of carboxylic acids is 1. The number of nitrogens with one attached hydrogen (secondary N) is 1. The summed E-state index contributed by atoms with van der Waals surface area (Å²) >= 11 is 6.23. The van der Waals surface area contributed by atoms with E-state index in [1.165, 1.54) is 12.1 Å². The average Bonchev–Trinajstić information content (AvgIpc) is 3.08. The molecule has 158 valence electrons. The van der Waals surface area contributed by atoms with E-state index in [0.29, 0.717) is 17.7 Å². The van der Waals surface area contributed by atoms with Crippen LogP contribution in [0, 0.1) is 5.82 Å². The highest BCUT2D eigenvalue weighted by Crippen LogP contribution is 2.29. The number of hydrogen-bond acceptors (Lipinski definition) is 2. The number of para-hydroxylation sites is 1. The van der Waals surface area contributed by atoms with E-state index in [4.69, 9.17) is 11.6 Å². The number of hydrogen-bond donors (Lipinski definition) is 2. The van der Waals surface area contributed by atoms with Gasteiger partial charge in [0.25, 0.3) is 0 Å². The van der Waals surface area contributed by atoms with Crippen molar-refractivity contribution in [2.24, 2.45) is 0 Å². The van der Waals surface area contributed by atoms with Crippen LogP contribution in [0.1, 0.15) is 40.1 Å². The summed E-state index contributed by atoms with van der Waals surface area (Å²) in [5.74, 6) is -1.44. The first-order chi connectivity index (χ1) is 15.0. The van der Waals surface area contributed by atoms with Gasteiger partial charge in [-0.1, -0.05) is 66.2 Å². The van der Waals surface area contributed by atoms with Crippen LogP contribution >= 0.6 is 11.6 Å². The highest BCUT2D eigenvalue weighted by Gasteiger charge is 2.23. The zero-order valence-corrected chi connectivity index (χ0v) is 17.7. The van der Waals surface area contributed by atoms with Gasteiger partial charge in [0, 0.05) is 40.6 Å². The fourth-order valence-electron chi connectivity index (χ4n) is 3.90. The Balaban J connectivity index is 1.75. The van der Waals surface area contributed by atoms with E-state index in [9.17, 15) is 14.3 Å². The number of carbonyl (C=O) groups is 1. The number of carboxylic acid groups (broad SMARTS) is 1. The summed E-state index contributed by atoms with van der Waals surface area (Å²) in [6.45, 7) is 2.67.